The van der Waals surface area contributed by atoms with E-state index in [1.807, 2.05) is 29.6 Å². The highest BCUT2D eigenvalue weighted by molar-refractivity contribution is 7.14. The van der Waals surface area contributed by atoms with Crippen molar-refractivity contribution in [1.82, 2.24) is 25.1 Å². The summed E-state index contributed by atoms with van der Waals surface area (Å²) < 4.78 is 1.61. The second-order valence-electron chi connectivity index (χ2n) is 5.60. The zero-order valence-electron chi connectivity index (χ0n) is 14.2. The molecule has 3 rings (SSSR count). The Balaban J connectivity index is 1.55. The maximum absolute atomic E-state index is 12.0. The summed E-state index contributed by atoms with van der Waals surface area (Å²) in [4.78, 5) is 31.2. The number of aryl methyl sites for hydroxylation is 1. The lowest BCUT2D eigenvalue weighted by Gasteiger charge is -2.03. The molecule has 0 radical (unpaired) electrons. The van der Waals surface area contributed by atoms with Gasteiger partial charge in [0.25, 0.3) is 0 Å². The Morgan fingerprint density at radius 1 is 1.23 bits per heavy atom. The number of anilines is 1. The van der Waals surface area contributed by atoms with E-state index in [0.29, 0.717) is 24.6 Å². The first-order valence-corrected chi connectivity index (χ1v) is 8.89. The van der Waals surface area contributed by atoms with Crippen molar-refractivity contribution in [2.24, 2.45) is 0 Å². The summed E-state index contributed by atoms with van der Waals surface area (Å²) in [6.07, 6.45) is 3.31. The highest BCUT2D eigenvalue weighted by Gasteiger charge is 2.09. The number of hydrogen-bond acceptors (Lipinski definition) is 6. The summed E-state index contributed by atoms with van der Waals surface area (Å²) in [7, 11) is 0. The molecule has 3 aromatic rings. The van der Waals surface area contributed by atoms with Gasteiger partial charge < -0.3 is 10.6 Å². The molecule has 134 valence electrons. The molecule has 0 unspecified atom stereocenters. The van der Waals surface area contributed by atoms with Crippen LogP contribution >= 0.6 is 11.3 Å². The molecule has 26 heavy (non-hydrogen) atoms. The van der Waals surface area contributed by atoms with Crippen LogP contribution in [-0.2, 0) is 22.7 Å². The van der Waals surface area contributed by atoms with Crippen LogP contribution in [0, 0.1) is 0 Å². The largest absolute Gasteiger partial charge is 0.352 e. The normalized spacial score (nSPS) is 10.5. The zero-order chi connectivity index (χ0) is 18.4. The van der Waals surface area contributed by atoms with E-state index >= 15 is 0 Å². The minimum absolute atomic E-state index is 0.0576. The molecule has 0 saturated carbocycles. The minimum Gasteiger partial charge on any atom is -0.352 e. The molecule has 0 saturated heterocycles. The van der Waals surface area contributed by atoms with E-state index in [2.05, 4.69) is 25.7 Å². The molecule has 2 aromatic heterocycles. The Morgan fingerprint density at radius 2 is 2.04 bits per heavy atom. The Morgan fingerprint density at radius 3 is 2.73 bits per heavy atom. The van der Waals surface area contributed by atoms with Crippen LogP contribution in [0.25, 0.3) is 11.3 Å². The average Bonchev–Trinajstić information content (AvgIpc) is 3.30. The Hall–Kier alpha value is -3.07. The van der Waals surface area contributed by atoms with Gasteiger partial charge in [-0.1, -0.05) is 24.3 Å². The van der Waals surface area contributed by atoms with Crippen LogP contribution in [0.1, 0.15) is 18.9 Å². The molecule has 0 fully saturated rings. The van der Waals surface area contributed by atoms with Crippen molar-refractivity contribution in [2.45, 2.75) is 26.4 Å². The first kappa shape index (κ1) is 17.7. The van der Waals surface area contributed by atoms with E-state index in [0.717, 1.165) is 16.8 Å². The van der Waals surface area contributed by atoms with Gasteiger partial charge in [0, 0.05) is 30.8 Å². The second kappa shape index (κ2) is 8.34. The number of aromatic nitrogens is 4. The quantitative estimate of drug-likeness (QED) is 0.663. The SMILES string of the molecule is CC(=O)NCc1ccc(-c2csc(NC(=O)CCn3cncn3)n2)cc1. The monoisotopic (exact) mass is 370 g/mol. The average molecular weight is 370 g/mol. The van der Waals surface area contributed by atoms with Gasteiger partial charge >= 0.3 is 0 Å². The van der Waals surface area contributed by atoms with Crippen molar-refractivity contribution >= 4 is 28.3 Å². The van der Waals surface area contributed by atoms with Gasteiger partial charge in [-0.3, -0.25) is 14.3 Å². The number of thiazole rings is 1. The number of nitrogens with zero attached hydrogens (tertiary/aromatic N) is 4. The predicted octanol–water partition coefficient (Wildman–Crippen LogP) is 2.07. The second-order valence-corrected chi connectivity index (χ2v) is 6.46. The van der Waals surface area contributed by atoms with Crippen molar-refractivity contribution in [2.75, 3.05) is 5.32 Å². The first-order valence-electron chi connectivity index (χ1n) is 8.02. The van der Waals surface area contributed by atoms with Gasteiger partial charge in [-0.2, -0.15) is 5.10 Å². The molecule has 2 heterocycles. The zero-order valence-corrected chi connectivity index (χ0v) is 15.0. The highest BCUT2D eigenvalue weighted by atomic mass is 32.1. The third-order valence-electron chi connectivity index (χ3n) is 3.58. The molecule has 8 nitrogen and oxygen atoms in total. The van der Waals surface area contributed by atoms with Crippen molar-refractivity contribution in [3.8, 4) is 11.3 Å². The van der Waals surface area contributed by atoms with Gasteiger partial charge in [0.15, 0.2) is 5.13 Å². The Kier molecular flexibility index (Phi) is 5.69. The molecule has 9 heteroatoms. The first-order chi connectivity index (χ1) is 12.6. The molecule has 0 atom stereocenters. The molecule has 0 aliphatic carbocycles. The molecule has 2 N–H and O–H groups in total. The summed E-state index contributed by atoms with van der Waals surface area (Å²) in [5.41, 5.74) is 2.77. The van der Waals surface area contributed by atoms with Gasteiger partial charge in [0.05, 0.1) is 12.2 Å². The number of carbonyl (C=O) groups excluding carboxylic acids is 2. The summed E-state index contributed by atoms with van der Waals surface area (Å²) in [5.74, 6) is -0.176. The van der Waals surface area contributed by atoms with Crippen LogP contribution in [0.15, 0.2) is 42.3 Å². The van der Waals surface area contributed by atoms with Crippen molar-refractivity contribution < 1.29 is 9.59 Å². The molecule has 0 aliphatic heterocycles. The van der Waals surface area contributed by atoms with E-state index in [1.54, 1.807) is 11.0 Å². The molecule has 0 spiro atoms. The molecule has 0 aliphatic rings. The van der Waals surface area contributed by atoms with Crippen molar-refractivity contribution in [3.05, 3.63) is 47.9 Å². The van der Waals surface area contributed by atoms with Crippen LogP contribution in [0.4, 0.5) is 5.13 Å². The van der Waals surface area contributed by atoms with Gasteiger partial charge in [0.2, 0.25) is 11.8 Å². The molecular formula is C17H18N6O2S. The fourth-order valence-corrected chi connectivity index (χ4v) is 2.97. The van der Waals surface area contributed by atoms with Gasteiger partial charge in [0.1, 0.15) is 12.7 Å². The molecule has 1 aromatic carbocycles. The van der Waals surface area contributed by atoms with Crippen molar-refractivity contribution in [1.29, 1.82) is 0 Å². The summed E-state index contributed by atoms with van der Waals surface area (Å²) in [5, 5.41) is 12.0. The third-order valence-corrected chi connectivity index (χ3v) is 4.33. The van der Waals surface area contributed by atoms with E-state index in [-0.39, 0.29) is 11.8 Å². The van der Waals surface area contributed by atoms with E-state index < -0.39 is 0 Å². The fourth-order valence-electron chi connectivity index (χ4n) is 2.23. The van der Waals surface area contributed by atoms with Crippen molar-refractivity contribution in [3.63, 3.8) is 0 Å². The van der Waals surface area contributed by atoms with Crippen LogP contribution in [0.5, 0.6) is 0 Å². The standard InChI is InChI=1S/C17H18N6O2S/c1-12(24)19-8-13-2-4-14(5-3-13)15-9-26-17(21-15)22-16(25)6-7-23-11-18-10-20-23/h2-5,9-11H,6-8H2,1H3,(H,19,24)(H,21,22,25). The summed E-state index contributed by atoms with van der Waals surface area (Å²) in [6, 6.07) is 7.78. The highest BCUT2D eigenvalue weighted by Crippen LogP contribution is 2.25. The summed E-state index contributed by atoms with van der Waals surface area (Å²) in [6.45, 7) is 2.46. The predicted molar refractivity (Wildman–Crippen MR) is 98.3 cm³/mol. The number of rotatable bonds is 7. The number of benzene rings is 1. The molecule has 0 bridgehead atoms. The van der Waals surface area contributed by atoms with E-state index in [4.69, 9.17) is 0 Å². The number of carbonyl (C=O) groups is 2. The number of amides is 2. The number of hydrogen-bond donors (Lipinski definition) is 2. The molecule has 2 amide bonds. The molecular weight excluding hydrogens is 352 g/mol. The fraction of sp³-hybridized carbons (Fsp3) is 0.235. The lowest BCUT2D eigenvalue weighted by molar-refractivity contribution is -0.119. The van der Waals surface area contributed by atoms with Crippen LogP contribution in [-0.4, -0.2) is 31.6 Å². The van der Waals surface area contributed by atoms with Crippen LogP contribution < -0.4 is 10.6 Å². The number of nitrogens with one attached hydrogen (secondary N) is 2. The Labute approximate surface area is 154 Å². The third kappa shape index (κ3) is 4.96. The van der Waals surface area contributed by atoms with Crippen LogP contribution in [0.3, 0.4) is 0 Å². The van der Waals surface area contributed by atoms with Gasteiger partial charge in [-0.15, -0.1) is 11.3 Å². The minimum atomic E-state index is -0.118. The summed E-state index contributed by atoms with van der Waals surface area (Å²) >= 11 is 1.38. The lowest BCUT2D eigenvalue weighted by atomic mass is 10.1. The lowest BCUT2D eigenvalue weighted by Crippen LogP contribution is -2.18. The van der Waals surface area contributed by atoms with E-state index in [9.17, 15) is 9.59 Å². The van der Waals surface area contributed by atoms with Gasteiger partial charge in [-0.05, 0) is 5.56 Å². The van der Waals surface area contributed by atoms with E-state index in [1.165, 1.54) is 24.6 Å². The maximum Gasteiger partial charge on any atom is 0.228 e. The topological polar surface area (TPSA) is 102 Å². The van der Waals surface area contributed by atoms with Gasteiger partial charge in [-0.25, -0.2) is 9.97 Å². The smallest absolute Gasteiger partial charge is 0.228 e. The maximum atomic E-state index is 12.0. The Bertz CT molecular complexity index is 873. The van der Waals surface area contributed by atoms with Crippen LogP contribution in [0.2, 0.25) is 0 Å².